The summed E-state index contributed by atoms with van der Waals surface area (Å²) in [7, 11) is 0. The second kappa shape index (κ2) is 7.52. The molecule has 1 aromatic rings. The fourth-order valence-electron chi connectivity index (χ4n) is 1.23. The summed E-state index contributed by atoms with van der Waals surface area (Å²) in [5, 5.41) is 0. The number of thioether (sulfide) groups is 1. The van der Waals surface area contributed by atoms with E-state index in [2.05, 4.69) is 6.92 Å². The Balaban J connectivity index is 2.36. The van der Waals surface area contributed by atoms with E-state index >= 15 is 0 Å². The Kier molecular flexibility index (Phi) is 6.26. The first-order valence-electron chi connectivity index (χ1n) is 5.34. The van der Waals surface area contributed by atoms with E-state index in [1.54, 1.807) is 0 Å². The number of hydrogen-bond donors (Lipinski definition) is 1. The van der Waals surface area contributed by atoms with Crippen LogP contribution in [0.5, 0.6) is 5.75 Å². The van der Waals surface area contributed by atoms with Crippen molar-refractivity contribution >= 4 is 29.0 Å². The molecule has 88 valence electrons. The summed E-state index contributed by atoms with van der Waals surface area (Å²) in [5.41, 5.74) is 6.41. The predicted molar refractivity (Wildman–Crippen MR) is 75.4 cm³/mol. The van der Waals surface area contributed by atoms with Gasteiger partial charge in [0.05, 0.1) is 6.61 Å². The zero-order valence-electron chi connectivity index (χ0n) is 9.44. The molecule has 1 rings (SSSR count). The van der Waals surface area contributed by atoms with Crippen LogP contribution in [0, 0.1) is 0 Å². The van der Waals surface area contributed by atoms with Gasteiger partial charge in [0, 0.05) is 5.56 Å². The quantitative estimate of drug-likeness (QED) is 0.600. The van der Waals surface area contributed by atoms with Crippen molar-refractivity contribution in [3.63, 3.8) is 0 Å². The molecule has 16 heavy (non-hydrogen) atoms. The van der Waals surface area contributed by atoms with Gasteiger partial charge in [0.2, 0.25) is 0 Å². The average molecular weight is 255 g/mol. The lowest BCUT2D eigenvalue weighted by molar-refractivity contribution is 0.318. The van der Waals surface area contributed by atoms with E-state index in [0.29, 0.717) is 4.99 Å². The van der Waals surface area contributed by atoms with Crippen LogP contribution in [-0.4, -0.2) is 23.1 Å². The number of rotatable bonds is 7. The van der Waals surface area contributed by atoms with Crippen LogP contribution in [0.1, 0.15) is 18.9 Å². The molecule has 0 fully saturated rings. The number of hydrogen-bond acceptors (Lipinski definition) is 3. The minimum Gasteiger partial charge on any atom is -0.494 e. The van der Waals surface area contributed by atoms with Crippen molar-refractivity contribution in [3.8, 4) is 5.75 Å². The first-order chi connectivity index (χ1) is 7.74. The van der Waals surface area contributed by atoms with E-state index in [-0.39, 0.29) is 0 Å². The molecule has 0 aliphatic rings. The van der Waals surface area contributed by atoms with Gasteiger partial charge in [0.15, 0.2) is 0 Å². The van der Waals surface area contributed by atoms with E-state index in [0.717, 1.165) is 35.8 Å². The Morgan fingerprint density at radius 3 is 3.00 bits per heavy atom. The lowest BCUT2D eigenvalue weighted by Crippen LogP contribution is -2.09. The molecule has 2 nitrogen and oxygen atoms in total. The predicted octanol–water partition coefficient (Wildman–Crippen LogP) is 2.84. The summed E-state index contributed by atoms with van der Waals surface area (Å²) >= 11 is 6.84. The second-order valence-electron chi connectivity index (χ2n) is 3.29. The fourth-order valence-corrected chi connectivity index (χ4v) is 1.97. The van der Waals surface area contributed by atoms with Crippen molar-refractivity contribution in [1.29, 1.82) is 0 Å². The van der Waals surface area contributed by atoms with Crippen LogP contribution in [0.25, 0.3) is 0 Å². The maximum absolute atomic E-state index is 5.61. The van der Waals surface area contributed by atoms with Crippen LogP contribution in [0.4, 0.5) is 0 Å². The summed E-state index contributed by atoms with van der Waals surface area (Å²) < 4.78 is 5.61. The van der Waals surface area contributed by atoms with Gasteiger partial charge in [-0.05, 0) is 30.1 Å². The van der Waals surface area contributed by atoms with Gasteiger partial charge in [-0.3, -0.25) is 0 Å². The van der Waals surface area contributed by atoms with Crippen molar-refractivity contribution in [2.75, 3.05) is 18.1 Å². The van der Waals surface area contributed by atoms with Crippen LogP contribution in [0.2, 0.25) is 0 Å². The van der Waals surface area contributed by atoms with Gasteiger partial charge in [0.25, 0.3) is 0 Å². The molecule has 4 heteroatoms. The number of benzene rings is 1. The topological polar surface area (TPSA) is 35.2 Å². The molecule has 0 unspecified atom stereocenters. The normalized spacial score (nSPS) is 10.1. The molecule has 2 N–H and O–H groups in total. The van der Waals surface area contributed by atoms with Gasteiger partial charge in [0.1, 0.15) is 10.7 Å². The molecule has 0 aromatic heterocycles. The van der Waals surface area contributed by atoms with E-state index in [1.807, 2.05) is 36.0 Å². The molecular weight excluding hydrogens is 238 g/mol. The number of nitrogens with two attached hydrogens (primary N) is 1. The molecule has 0 atom stereocenters. The van der Waals surface area contributed by atoms with Crippen LogP contribution in [0.3, 0.4) is 0 Å². The Bertz CT molecular complexity index is 342. The summed E-state index contributed by atoms with van der Waals surface area (Å²) in [6.45, 7) is 2.91. The molecule has 0 saturated carbocycles. The average Bonchev–Trinajstić information content (AvgIpc) is 2.29. The van der Waals surface area contributed by atoms with E-state index in [1.165, 1.54) is 0 Å². The highest BCUT2D eigenvalue weighted by molar-refractivity contribution is 7.99. The van der Waals surface area contributed by atoms with Gasteiger partial charge in [-0.1, -0.05) is 31.3 Å². The molecule has 0 aliphatic heterocycles. The molecular formula is C12H17NOS2. The Labute approximate surface area is 107 Å². The Morgan fingerprint density at radius 1 is 1.50 bits per heavy atom. The van der Waals surface area contributed by atoms with Gasteiger partial charge < -0.3 is 10.5 Å². The molecule has 1 aromatic carbocycles. The van der Waals surface area contributed by atoms with Gasteiger partial charge in [-0.2, -0.15) is 11.8 Å². The molecule has 0 spiro atoms. The third-order valence-electron chi connectivity index (χ3n) is 2.02. The first kappa shape index (κ1) is 13.3. The molecule has 0 radical (unpaired) electrons. The third-order valence-corrected chi connectivity index (χ3v) is 3.25. The highest BCUT2D eigenvalue weighted by Gasteiger charge is 1.98. The second-order valence-corrected chi connectivity index (χ2v) is 5.12. The van der Waals surface area contributed by atoms with Crippen LogP contribution < -0.4 is 10.5 Å². The fraction of sp³-hybridized carbons (Fsp3) is 0.417. The zero-order valence-corrected chi connectivity index (χ0v) is 11.1. The Morgan fingerprint density at radius 2 is 2.31 bits per heavy atom. The minimum atomic E-state index is 0.409. The monoisotopic (exact) mass is 255 g/mol. The van der Waals surface area contributed by atoms with Gasteiger partial charge >= 0.3 is 0 Å². The number of thiocarbonyl (C=S) groups is 1. The van der Waals surface area contributed by atoms with Gasteiger partial charge in [-0.25, -0.2) is 0 Å². The smallest absolute Gasteiger partial charge is 0.119 e. The van der Waals surface area contributed by atoms with Gasteiger partial charge in [-0.15, -0.1) is 0 Å². The molecule has 0 amide bonds. The Hall–Kier alpha value is -0.740. The van der Waals surface area contributed by atoms with E-state index in [4.69, 9.17) is 22.7 Å². The van der Waals surface area contributed by atoms with Crippen molar-refractivity contribution in [1.82, 2.24) is 0 Å². The lowest BCUT2D eigenvalue weighted by Gasteiger charge is -2.07. The highest BCUT2D eigenvalue weighted by atomic mass is 32.2. The first-order valence-corrected chi connectivity index (χ1v) is 6.90. The number of ether oxygens (including phenoxy) is 1. The van der Waals surface area contributed by atoms with Crippen molar-refractivity contribution in [2.45, 2.75) is 13.3 Å². The largest absolute Gasteiger partial charge is 0.494 e. The maximum atomic E-state index is 5.61. The summed E-state index contributed by atoms with van der Waals surface area (Å²) in [4.78, 5) is 0.409. The van der Waals surface area contributed by atoms with Crippen LogP contribution >= 0.6 is 24.0 Å². The third kappa shape index (κ3) is 4.86. The minimum absolute atomic E-state index is 0.409. The molecule has 0 saturated heterocycles. The molecule has 0 bridgehead atoms. The maximum Gasteiger partial charge on any atom is 0.119 e. The van der Waals surface area contributed by atoms with Crippen LogP contribution in [-0.2, 0) is 0 Å². The van der Waals surface area contributed by atoms with Crippen LogP contribution in [0.15, 0.2) is 24.3 Å². The summed E-state index contributed by atoms with van der Waals surface area (Å²) in [6, 6.07) is 7.61. The molecule has 0 heterocycles. The zero-order chi connectivity index (χ0) is 11.8. The SMILES string of the molecule is CCSCCCOc1cccc(C(N)=S)c1. The summed E-state index contributed by atoms with van der Waals surface area (Å²) in [6.07, 6.45) is 1.07. The highest BCUT2D eigenvalue weighted by Crippen LogP contribution is 2.13. The van der Waals surface area contributed by atoms with Crippen molar-refractivity contribution in [3.05, 3.63) is 29.8 Å². The molecule has 0 aliphatic carbocycles. The lowest BCUT2D eigenvalue weighted by atomic mass is 10.2. The van der Waals surface area contributed by atoms with E-state index < -0.39 is 0 Å². The van der Waals surface area contributed by atoms with E-state index in [9.17, 15) is 0 Å². The standard InChI is InChI=1S/C12H17NOS2/c1-2-16-8-4-7-14-11-6-3-5-10(9-11)12(13)15/h3,5-6,9H,2,4,7-8H2,1H3,(H2,13,15). The summed E-state index contributed by atoms with van der Waals surface area (Å²) in [5.74, 6) is 3.15. The van der Waals surface area contributed by atoms with Crippen molar-refractivity contribution in [2.24, 2.45) is 5.73 Å². The van der Waals surface area contributed by atoms with Crippen molar-refractivity contribution < 1.29 is 4.74 Å².